The van der Waals surface area contributed by atoms with E-state index in [2.05, 4.69) is 66.7 Å². The first-order valence-corrected chi connectivity index (χ1v) is 10.7. The lowest BCUT2D eigenvalue weighted by atomic mass is 9.98. The number of benzene rings is 4. The number of carbonyl (C=O) groups is 1. The summed E-state index contributed by atoms with van der Waals surface area (Å²) in [5, 5.41) is 9.46. The average Bonchev–Trinajstić information content (AvgIpc) is 3.34. The highest BCUT2D eigenvalue weighted by molar-refractivity contribution is 5.95. The molecule has 2 nitrogen and oxygen atoms in total. The van der Waals surface area contributed by atoms with Crippen molar-refractivity contribution < 1.29 is 9.90 Å². The fourth-order valence-corrected chi connectivity index (χ4v) is 4.82. The monoisotopic (exact) mass is 404 g/mol. The predicted octanol–water partition coefficient (Wildman–Crippen LogP) is 6.25. The molecule has 0 spiro atoms. The zero-order chi connectivity index (χ0) is 21.4. The second kappa shape index (κ2) is 7.98. The summed E-state index contributed by atoms with van der Waals surface area (Å²) in [5.41, 5.74) is 11.1. The Morgan fingerprint density at radius 2 is 1.29 bits per heavy atom. The highest BCUT2D eigenvalue weighted by Gasteiger charge is 2.26. The molecule has 0 aliphatic heterocycles. The zero-order valence-electron chi connectivity index (χ0n) is 17.5. The van der Waals surface area contributed by atoms with Crippen LogP contribution in [0.25, 0.3) is 22.3 Å². The summed E-state index contributed by atoms with van der Waals surface area (Å²) in [4.78, 5) is 11.3. The molecule has 0 unspecified atom stereocenters. The van der Waals surface area contributed by atoms with Gasteiger partial charge in [0.25, 0.3) is 0 Å². The quantitative estimate of drug-likeness (QED) is 0.353. The van der Waals surface area contributed by atoms with Crippen LogP contribution in [0.1, 0.15) is 45.5 Å². The van der Waals surface area contributed by atoms with Gasteiger partial charge >= 0.3 is 0 Å². The summed E-state index contributed by atoms with van der Waals surface area (Å²) in [6.07, 6.45) is 0.951. The van der Waals surface area contributed by atoms with Crippen LogP contribution in [0.15, 0.2) is 91.0 Å². The van der Waals surface area contributed by atoms with Gasteiger partial charge in [-0.2, -0.15) is 0 Å². The van der Waals surface area contributed by atoms with E-state index < -0.39 is 0 Å². The molecular formula is C29H24O2. The number of rotatable bonds is 2. The molecule has 0 bridgehead atoms. The van der Waals surface area contributed by atoms with Gasteiger partial charge in [0.1, 0.15) is 0 Å². The molecule has 0 aromatic heterocycles. The Balaban J connectivity index is 0.000000132. The maximum Gasteiger partial charge on any atom is 0.159 e. The molecule has 0 fully saturated rings. The third-order valence-electron chi connectivity index (χ3n) is 6.35. The summed E-state index contributed by atoms with van der Waals surface area (Å²) in [6, 6.07) is 31.1. The summed E-state index contributed by atoms with van der Waals surface area (Å²) in [7, 11) is 0. The lowest BCUT2D eigenvalue weighted by Crippen LogP contribution is -2.01. The Morgan fingerprint density at radius 3 is 1.90 bits per heavy atom. The molecule has 2 aliphatic rings. The van der Waals surface area contributed by atoms with Crippen molar-refractivity contribution in [2.75, 3.05) is 6.61 Å². The van der Waals surface area contributed by atoms with E-state index in [9.17, 15) is 9.90 Å². The van der Waals surface area contributed by atoms with E-state index >= 15 is 0 Å². The van der Waals surface area contributed by atoms with Crippen LogP contribution in [0.3, 0.4) is 0 Å². The van der Waals surface area contributed by atoms with Crippen LogP contribution in [0, 0.1) is 0 Å². The Bertz CT molecular complexity index is 1240. The number of aliphatic hydroxyl groups excluding tert-OH is 1. The number of carbonyl (C=O) groups excluding carboxylic acids is 1. The third-order valence-corrected chi connectivity index (χ3v) is 6.35. The molecule has 4 aromatic rings. The SMILES string of the molecule is CC(=O)c1ccc2c(c1)Cc1ccccc1-2.OCC1c2ccccc2-c2ccccc21. The summed E-state index contributed by atoms with van der Waals surface area (Å²) < 4.78 is 0. The van der Waals surface area contributed by atoms with E-state index in [0.717, 1.165) is 12.0 Å². The van der Waals surface area contributed by atoms with Gasteiger partial charge in [-0.3, -0.25) is 4.79 Å². The largest absolute Gasteiger partial charge is 0.395 e. The van der Waals surface area contributed by atoms with Gasteiger partial charge in [0.2, 0.25) is 0 Å². The van der Waals surface area contributed by atoms with E-state index in [1.54, 1.807) is 6.92 Å². The van der Waals surface area contributed by atoms with Crippen molar-refractivity contribution in [2.24, 2.45) is 0 Å². The minimum atomic E-state index is 0.138. The predicted molar refractivity (Wildman–Crippen MR) is 125 cm³/mol. The van der Waals surface area contributed by atoms with Crippen LogP contribution >= 0.6 is 0 Å². The van der Waals surface area contributed by atoms with Crippen molar-refractivity contribution in [2.45, 2.75) is 19.3 Å². The lowest BCUT2D eigenvalue weighted by Gasteiger charge is -2.08. The van der Waals surface area contributed by atoms with Gasteiger partial charge in [0.15, 0.2) is 5.78 Å². The van der Waals surface area contributed by atoms with Crippen LogP contribution < -0.4 is 0 Å². The van der Waals surface area contributed by atoms with Gasteiger partial charge in [-0.1, -0.05) is 84.9 Å². The van der Waals surface area contributed by atoms with Crippen molar-refractivity contribution in [3.8, 4) is 22.3 Å². The van der Waals surface area contributed by atoms with Crippen molar-refractivity contribution >= 4 is 5.78 Å². The topological polar surface area (TPSA) is 37.3 Å². The minimum Gasteiger partial charge on any atom is -0.395 e. The lowest BCUT2D eigenvalue weighted by molar-refractivity contribution is 0.101. The first-order valence-electron chi connectivity index (χ1n) is 10.7. The molecule has 0 amide bonds. The van der Waals surface area contributed by atoms with Crippen LogP contribution in [0.4, 0.5) is 0 Å². The highest BCUT2D eigenvalue weighted by Crippen LogP contribution is 2.44. The molecule has 0 saturated heterocycles. The standard InChI is InChI=1S/C15H12O.C14H12O/c1-10(16)11-6-7-15-13(8-11)9-12-4-2-3-5-14(12)15;15-9-14-12-7-3-1-5-10(12)11-6-2-4-8-13(11)14/h2-8H,9H2,1H3;1-8,14-15H,9H2. The van der Waals surface area contributed by atoms with E-state index in [0.29, 0.717) is 0 Å². The fourth-order valence-electron chi connectivity index (χ4n) is 4.82. The van der Waals surface area contributed by atoms with E-state index in [1.807, 2.05) is 24.3 Å². The number of hydrogen-bond donors (Lipinski definition) is 1. The van der Waals surface area contributed by atoms with Gasteiger partial charge < -0.3 is 5.11 Å². The average molecular weight is 405 g/mol. The summed E-state index contributed by atoms with van der Waals surface area (Å²) in [5.74, 6) is 0.302. The Kier molecular flexibility index (Phi) is 5.01. The van der Waals surface area contributed by atoms with Crippen molar-refractivity contribution in [3.05, 3.63) is 119 Å². The number of fused-ring (bicyclic) bond motifs is 6. The zero-order valence-corrected chi connectivity index (χ0v) is 17.5. The molecule has 1 N–H and O–H groups in total. The van der Waals surface area contributed by atoms with E-state index in [1.165, 1.54) is 44.5 Å². The van der Waals surface area contributed by atoms with Gasteiger partial charge in [-0.05, 0) is 63.9 Å². The maximum atomic E-state index is 11.3. The highest BCUT2D eigenvalue weighted by atomic mass is 16.3. The Morgan fingerprint density at radius 1 is 0.742 bits per heavy atom. The molecule has 0 saturated carbocycles. The van der Waals surface area contributed by atoms with Crippen LogP contribution in [0.5, 0.6) is 0 Å². The number of Topliss-reactive ketones (excluding diaryl/α,β-unsaturated/α-hetero) is 1. The van der Waals surface area contributed by atoms with Gasteiger partial charge in [-0.25, -0.2) is 0 Å². The first-order chi connectivity index (χ1) is 15.2. The third kappa shape index (κ3) is 3.39. The molecule has 2 aliphatic carbocycles. The van der Waals surface area contributed by atoms with Gasteiger partial charge in [0.05, 0.1) is 6.61 Å². The van der Waals surface area contributed by atoms with Crippen LogP contribution in [-0.4, -0.2) is 17.5 Å². The van der Waals surface area contributed by atoms with E-state index in [4.69, 9.17) is 0 Å². The second-order valence-corrected chi connectivity index (χ2v) is 8.17. The normalized spacial score (nSPS) is 12.8. The molecule has 6 rings (SSSR count). The van der Waals surface area contributed by atoms with E-state index in [-0.39, 0.29) is 18.3 Å². The Hall–Kier alpha value is -3.49. The fraction of sp³-hybridized carbons (Fsp3) is 0.138. The summed E-state index contributed by atoms with van der Waals surface area (Å²) >= 11 is 0. The smallest absolute Gasteiger partial charge is 0.159 e. The molecule has 0 radical (unpaired) electrons. The van der Waals surface area contributed by atoms with Gasteiger partial charge in [-0.15, -0.1) is 0 Å². The second-order valence-electron chi connectivity index (χ2n) is 8.17. The van der Waals surface area contributed by atoms with Crippen molar-refractivity contribution in [3.63, 3.8) is 0 Å². The molecular weight excluding hydrogens is 380 g/mol. The van der Waals surface area contributed by atoms with Crippen molar-refractivity contribution in [1.82, 2.24) is 0 Å². The maximum absolute atomic E-state index is 11.3. The van der Waals surface area contributed by atoms with Crippen molar-refractivity contribution in [1.29, 1.82) is 0 Å². The molecule has 152 valence electrons. The van der Waals surface area contributed by atoms with Crippen LogP contribution in [-0.2, 0) is 6.42 Å². The van der Waals surface area contributed by atoms with Crippen LogP contribution in [0.2, 0.25) is 0 Å². The minimum absolute atomic E-state index is 0.138. The molecule has 31 heavy (non-hydrogen) atoms. The number of aliphatic hydroxyl groups is 1. The summed E-state index contributed by atoms with van der Waals surface area (Å²) in [6.45, 7) is 1.80. The number of hydrogen-bond acceptors (Lipinski definition) is 2. The molecule has 4 aromatic carbocycles. The van der Waals surface area contributed by atoms with Gasteiger partial charge in [0, 0.05) is 11.5 Å². The molecule has 0 heterocycles. The number of ketones is 1. The first kappa shape index (κ1) is 19.5. The Labute approximate surface area is 182 Å². The molecule has 0 atom stereocenters. The molecule has 2 heteroatoms.